The first kappa shape index (κ1) is 9.07. The second-order valence-corrected chi connectivity index (χ2v) is 0. The molecule has 2 nitrogen and oxygen atoms in total. The van der Waals surface area contributed by atoms with Crippen LogP contribution in [0.15, 0.2) is 0 Å². The summed E-state index contributed by atoms with van der Waals surface area (Å²) in [7, 11) is 0. The van der Waals surface area contributed by atoms with Crippen LogP contribution < -0.4 is 0 Å². The predicted molar refractivity (Wildman–Crippen MR) is 5.65 cm³/mol. The second kappa shape index (κ2) is 1420. The number of rotatable bonds is 0. The molecule has 0 aromatic rings. The molecule has 0 saturated heterocycles. The van der Waals surface area contributed by atoms with Crippen molar-refractivity contribution in [2.45, 2.75) is 0 Å². The van der Waals surface area contributed by atoms with Crippen LogP contribution in [0, 0.1) is 11.8 Å². The summed E-state index contributed by atoms with van der Waals surface area (Å²) in [5, 5.41) is 6.25. The van der Waals surface area contributed by atoms with Gasteiger partial charge in [0.2, 0.25) is 0 Å². The minimum atomic E-state index is 1.10. The van der Waals surface area contributed by atoms with Crippen molar-refractivity contribution >= 4 is 0 Å². The zero-order valence-corrected chi connectivity index (χ0v) is 3.45. The van der Waals surface area contributed by atoms with Gasteiger partial charge in [0.15, 0.2) is 0 Å². The van der Waals surface area contributed by atoms with Gasteiger partial charge in [-0.25, -0.2) is 0 Å². The molecule has 0 amide bonds. The molecule has 4 heavy (non-hydrogen) atoms. The van der Waals surface area contributed by atoms with Crippen LogP contribution in [0.1, 0.15) is 0 Å². The Morgan fingerprint density at radius 1 is 1.50 bits per heavy atom. The minimum absolute atomic E-state index is 1.10. The van der Waals surface area contributed by atoms with E-state index < -0.39 is 0 Å². The van der Waals surface area contributed by atoms with Gasteiger partial charge >= 0.3 is 21.8 Å². The summed E-state index contributed by atoms with van der Waals surface area (Å²) in [6, 6.07) is 0. The van der Waals surface area contributed by atoms with Gasteiger partial charge in [0.05, 0.1) is 0 Å². The van der Waals surface area contributed by atoms with E-state index in [1.54, 1.807) is 0 Å². The summed E-state index contributed by atoms with van der Waals surface area (Å²) in [4.78, 5) is 0. The Bertz CT molecular complexity index is 19.2. The summed E-state index contributed by atoms with van der Waals surface area (Å²) in [6.45, 7) is 4.75. The van der Waals surface area contributed by atoms with E-state index in [1.807, 2.05) is 0 Å². The summed E-state index contributed by atoms with van der Waals surface area (Å²) >= 11 is 1.10. The molecule has 0 unspecified atom stereocenters. The third-order valence-electron chi connectivity index (χ3n) is 0. The van der Waals surface area contributed by atoms with Crippen molar-refractivity contribution in [1.82, 2.24) is 0 Å². The van der Waals surface area contributed by atoms with Gasteiger partial charge in [0.25, 0.3) is 0 Å². The Labute approximate surface area is 34.4 Å². The molecular formula is CNORu. The van der Waals surface area contributed by atoms with Crippen molar-refractivity contribution < 1.29 is 21.8 Å². The SMILES string of the molecule is [C-]#N.[O]=[Ru+]. The Morgan fingerprint density at radius 2 is 1.50 bits per heavy atom. The average Bonchev–Trinajstić information content (AvgIpc) is 1.50. The van der Waals surface area contributed by atoms with Crippen molar-refractivity contribution in [1.29, 1.82) is 5.26 Å². The summed E-state index contributed by atoms with van der Waals surface area (Å²) in [5.74, 6) is 0. The van der Waals surface area contributed by atoms with E-state index in [2.05, 4.69) is 0 Å². The van der Waals surface area contributed by atoms with E-state index in [0.29, 0.717) is 0 Å². The van der Waals surface area contributed by atoms with Gasteiger partial charge in [0.1, 0.15) is 0 Å². The first-order chi connectivity index (χ1) is 2.00. The molecule has 0 spiro atoms. The Kier molecular flexibility index (Phi) is 3220. The molecule has 0 fully saturated rings. The standard InChI is InChI=1S/CN.O.Ru/c1-2;;/q-1;;+1. The molecule has 0 aromatic heterocycles. The van der Waals surface area contributed by atoms with Gasteiger partial charge in [-0.2, -0.15) is 0 Å². The van der Waals surface area contributed by atoms with E-state index >= 15 is 0 Å². The van der Waals surface area contributed by atoms with Crippen LogP contribution in [0.4, 0.5) is 0 Å². The van der Waals surface area contributed by atoms with Gasteiger partial charge in [-0.3, -0.25) is 0 Å². The summed E-state index contributed by atoms with van der Waals surface area (Å²) < 4.78 is 8.18. The van der Waals surface area contributed by atoms with Crippen LogP contribution in [-0.4, -0.2) is 0 Å². The first-order valence-corrected chi connectivity index (χ1v) is 1.08. The molecule has 0 rings (SSSR count). The molecule has 0 radical (unpaired) electrons. The Balaban J connectivity index is 0. The van der Waals surface area contributed by atoms with E-state index in [1.165, 1.54) is 0 Å². The van der Waals surface area contributed by atoms with Gasteiger partial charge in [0, 0.05) is 0 Å². The molecule has 0 bridgehead atoms. The third-order valence-corrected chi connectivity index (χ3v) is 0. The zero-order chi connectivity index (χ0) is 4.00. The Morgan fingerprint density at radius 3 is 1.50 bits per heavy atom. The maximum absolute atomic E-state index is 8.18. The van der Waals surface area contributed by atoms with Gasteiger partial charge in [-0.05, 0) is 0 Å². The fourth-order valence-electron chi connectivity index (χ4n) is 0. The van der Waals surface area contributed by atoms with E-state index in [-0.39, 0.29) is 0 Å². The van der Waals surface area contributed by atoms with Crippen LogP contribution >= 0.6 is 0 Å². The molecule has 0 atom stereocenters. The van der Waals surface area contributed by atoms with Crippen LogP contribution in [0.2, 0.25) is 0 Å². The monoisotopic (exact) mass is 144 g/mol. The molecule has 23 valence electrons. The molecule has 3 heteroatoms. The molecular weight excluding hydrogens is 143 g/mol. The Hall–Kier alpha value is -0.0866. The first-order valence-electron chi connectivity index (χ1n) is 0.368. The van der Waals surface area contributed by atoms with Crippen molar-refractivity contribution in [2.75, 3.05) is 0 Å². The van der Waals surface area contributed by atoms with Gasteiger partial charge in [-0.15, -0.1) is 0 Å². The topological polar surface area (TPSA) is 40.9 Å². The molecule has 0 saturated carbocycles. The van der Waals surface area contributed by atoms with Crippen molar-refractivity contribution in [2.24, 2.45) is 0 Å². The molecule has 0 N–H and O–H groups in total. The quantitative estimate of drug-likeness (QED) is 0.353. The maximum atomic E-state index is 8.18. The molecule has 0 heterocycles. The number of nitrogens with zero attached hydrogens (tertiary/aromatic N) is 1. The third kappa shape index (κ3) is 213. The number of hydrogen-bond donors (Lipinski definition) is 0. The van der Waals surface area contributed by atoms with Gasteiger partial charge < -0.3 is 11.8 Å². The van der Waals surface area contributed by atoms with Gasteiger partial charge in [-0.1, -0.05) is 0 Å². The number of hydrogen-bond acceptors (Lipinski definition) is 2. The van der Waals surface area contributed by atoms with E-state index in [4.69, 9.17) is 15.4 Å². The second-order valence-electron chi connectivity index (χ2n) is 0. The molecule has 0 aromatic carbocycles. The molecule has 0 aliphatic rings. The van der Waals surface area contributed by atoms with Crippen LogP contribution in [0.5, 0.6) is 0 Å². The predicted octanol–water partition coefficient (Wildman–Crippen LogP) is -0.0249. The van der Waals surface area contributed by atoms with E-state index in [0.717, 1.165) is 18.3 Å². The van der Waals surface area contributed by atoms with Crippen LogP contribution in [0.3, 0.4) is 0 Å². The van der Waals surface area contributed by atoms with Crippen molar-refractivity contribution in [3.63, 3.8) is 0 Å². The fraction of sp³-hybridized carbons (Fsp3) is 0. The summed E-state index contributed by atoms with van der Waals surface area (Å²) in [5.41, 5.74) is 0. The summed E-state index contributed by atoms with van der Waals surface area (Å²) in [6.07, 6.45) is 0. The average molecular weight is 143 g/mol. The normalized spacial score (nSPS) is 1.50. The zero-order valence-electron chi connectivity index (χ0n) is 1.71. The molecule has 0 aliphatic carbocycles. The van der Waals surface area contributed by atoms with Crippen LogP contribution in [0.25, 0.3) is 0 Å². The van der Waals surface area contributed by atoms with E-state index in [9.17, 15) is 0 Å². The fourth-order valence-corrected chi connectivity index (χ4v) is 0. The molecule has 0 aliphatic heterocycles. The van der Waals surface area contributed by atoms with Crippen molar-refractivity contribution in [3.8, 4) is 0 Å². The van der Waals surface area contributed by atoms with Crippen molar-refractivity contribution in [3.05, 3.63) is 6.57 Å². The van der Waals surface area contributed by atoms with Crippen LogP contribution in [-0.2, 0) is 21.8 Å².